The van der Waals surface area contributed by atoms with E-state index in [1.807, 2.05) is 25.1 Å². The molecular formula is C16H23NO4. The van der Waals surface area contributed by atoms with Crippen molar-refractivity contribution in [3.63, 3.8) is 0 Å². The SMILES string of the molecule is CCOc1ccccc1OCC(=O)N1CCC(C(C)O)C1. The van der Waals surface area contributed by atoms with Gasteiger partial charge in [0.2, 0.25) is 0 Å². The molecule has 2 unspecified atom stereocenters. The number of hydrogen-bond donors (Lipinski definition) is 1. The Morgan fingerprint density at radius 2 is 2.05 bits per heavy atom. The highest BCUT2D eigenvalue weighted by atomic mass is 16.5. The van der Waals surface area contributed by atoms with Crippen LogP contribution in [0.15, 0.2) is 24.3 Å². The van der Waals surface area contributed by atoms with Gasteiger partial charge < -0.3 is 19.5 Å². The molecule has 1 aromatic rings. The quantitative estimate of drug-likeness (QED) is 0.867. The first-order valence-electron chi connectivity index (χ1n) is 7.42. The summed E-state index contributed by atoms with van der Waals surface area (Å²) in [7, 11) is 0. The monoisotopic (exact) mass is 293 g/mol. The number of ether oxygens (including phenoxy) is 2. The largest absolute Gasteiger partial charge is 0.490 e. The van der Waals surface area contributed by atoms with Gasteiger partial charge in [-0.3, -0.25) is 4.79 Å². The van der Waals surface area contributed by atoms with E-state index in [1.54, 1.807) is 17.9 Å². The van der Waals surface area contributed by atoms with E-state index < -0.39 is 0 Å². The molecule has 5 heteroatoms. The summed E-state index contributed by atoms with van der Waals surface area (Å²) >= 11 is 0. The highest BCUT2D eigenvalue weighted by molar-refractivity contribution is 5.78. The number of benzene rings is 1. The van der Waals surface area contributed by atoms with Gasteiger partial charge in [0.1, 0.15) is 0 Å². The van der Waals surface area contributed by atoms with Crippen molar-refractivity contribution in [3.05, 3.63) is 24.3 Å². The summed E-state index contributed by atoms with van der Waals surface area (Å²) in [5.41, 5.74) is 0. The molecule has 0 saturated carbocycles. The Morgan fingerprint density at radius 1 is 1.38 bits per heavy atom. The van der Waals surface area contributed by atoms with Crippen molar-refractivity contribution in [2.75, 3.05) is 26.3 Å². The maximum absolute atomic E-state index is 12.1. The number of hydrogen-bond acceptors (Lipinski definition) is 4. The van der Waals surface area contributed by atoms with Crippen LogP contribution in [0.3, 0.4) is 0 Å². The molecule has 1 amide bonds. The van der Waals surface area contributed by atoms with Gasteiger partial charge in [-0.25, -0.2) is 0 Å². The van der Waals surface area contributed by atoms with Gasteiger partial charge in [-0.15, -0.1) is 0 Å². The normalized spacial score (nSPS) is 19.4. The van der Waals surface area contributed by atoms with E-state index in [9.17, 15) is 9.90 Å². The van der Waals surface area contributed by atoms with Crippen molar-refractivity contribution < 1.29 is 19.4 Å². The van der Waals surface area contributed by atoms with Gasteiger partial charge in [0.25, 0.3) is 5.91 Å². The minimum atomic E-state index is -0.373. The third-order valence-corrected chi connectivity index (χ3v) is 3.76. The number of para-hydroxylation sites is 2. The third kappa shape index (κ3) is 4.11. The van der Waals surface area contributed by atoms with Gasteiger partial charge in [-0.1, -0.05) is 12.1 Å². The molecule has 1 saturated heterocycles. The summed E-state index contributed by atoms with van der Waals surface area (Å²) in [5, 5.41) is 9.57. The number of amides is 1. The number of nitrogens with zero attached hydrogens (tertiary/aromatic N) is 1. The van der Waals surface area contributed by atoms with Crippen molar-refractivity contribution in [2.45, 2.75) is 26.4 Å². The average molecular weight is 293 g/mol. The Labute approximate surface area is 125 Å². The van der Waals surface area contributed by atoms with Crippen molar-refractivity contribution in [2.24, 2.45) is 5.92 Å². The van der Waals surface area contributed by atoms with Gasteiger partial charge in [0.15, 0.2) is 18.1 Å². The summed E-state index contributed by atoms with van der Waals surface area (Å²) in [6.45, 7) is 5.51. The van der Waals surface area contributed by atoms with Gasteiger partial charge in [0, 0.05) is 19.0 Å². The Balaban J connectivity index is 1.87. The zero-order valence-corrected chi connectivity index (χ0v) is 12.6. The molecule has 1 aliphatic heterocycles. The molecule has 116 valence electrons. The molecule has 5 nitrogen and oxygen atoms in total. The molecule has 21 heavy (non-hydrogen) atoms. The fourth-order valence-electron chi connectivity index (χ4n) is 2.48. The highest BCUT2D eigenvalue weighted by Crippen LogP contribution is 2.26. The van der Waals surface area contributed by atoms with E-state index in [-0.39, 0.29) is 24.5 Å². The first-order chi connectivity index (χ1) is 10.1. The zero-order chi connectivity index (χ0) is 15.2. The molecule has 0 bridgehead atoms. The van der Waals surface area contributed by atoms with Crippen LogP contribution in [0.25, 0.3) is 0 Å². The Bertz CT molecular complexity index is 475. The van der Waals surface area contributed by atoms with E-state index >= 15 is 0 Å². The average Bonchev–Trinajstić information content (AvgIpc) is 2.96. The van der Waals surface area contributed by atoms with E-state index in [4.69, 9.17) is 9.47 Å². The Kier molecular flexibility index (Phi) is 5.44. The van der Waals surface area contributed by atoms with Crippen LogP contribution in [0, 0.1) is 5.92 Å². The molecule has 2 atom stereocenters. The summed E-state index contributed by atoms with van der Waals surface area (Å²) in [5.74, 6) is 1.35. The second kappa shape index (κ2) is 7.31. The molecule has 1 aliphatic rings. The Hall–Kier alpha value is -1.75. The molecule has 0 radical (unpaired) electrons. The molecular weight excluding hydrogens is 270 g/mol. The smallest absolute Gasteiger partial charge is 0.260 e. The molecule has 1 heterocycles. The highest BCUT2D eigenvalue weighted by Gasteiger charge is 2.29. The number of aliphatic hydroxyl groups is 1. The molecule has 1 N–H and O–H groups in total. The predicted octanol–water partition coefficient (Wildman–Crippen LogP) is 1.69. The van der Waals surface area contributed by atoms with Crippen LogP contribution >= 0.6 is 0 Å². The minimum Gasteiger partial charge on any atom is -0.490 e. The molecule has 2 rings (SSSR count). The van der Waals surface area contributed by atoms with E-state index in [0.717, 1.165) is 6.42 Å². The standard InChI is InChI=1S/C16H23NO4/c1-3-20-14-6-4-5-7-15(14)21-11-16(19)17-9-8-13(10-17)12(2)18/h4-7,12-13,18H,3,8-11H2,1-2H3. The number of rotatable bonds is 6. The van der Waals surface area contributed by atoms with Crippen LogP contribution < -0.4 is 9.47 Å². The topological polar surface area (TPSA) is 59.0 Å². The zero-order valence-electron chi connectivity index (χ0n) is 12.6. The van der Waals surface area contributed by atoms with Crippen LogP contribution in [0.1, 0.15) is 20.3 Å². The predicted molar refractivity (Wildman–Crippen MR) is 79.5 cm³/mol. The van der Waals surface area contributed by atoms with Crippen molar-refractivity contribution in [3.8, 4) is 11.5 Å². The van der Waals surface area contributed by atoms with E-state index in [0.29, 0.717) is 31.2 Å². The Morgan fingerprint density at radius 3 is 2.62 bits per heavy atom. The lowest BCUT2D eigenvalue weighted by atomic mass is 10.0. The lowest BCUT2D eigenvalue weighted by molar-refractivity contribution is -0.132. The van der Waals surface area contributed by atoms with Crippen molar-refractivity contribution >= 4 is 5.91 Å². The van der Waals surface area contributed by atoms with Crippen LogP contribution in [0.2, 0.25) is 0 Å². The van der Waals surface area contributed by atoms with Crippen LogP contribution in [0.5, 0.6) is 11.5 Å². The van der Waals surface area contributed by atoms with E-state index in [2.05, 4.69) is 0 Å². The number of carbonyl (C=O) groups is 1. The third-order valence-electron chi connectivity index (χ3n) is 3.76. The first kappa shape index (κ1) is 15.6. The molecule has 0 aromatic heterocycles. The van der Waals surface area contributed by atoms with Crippen molar-refractivity contribution in [1.82, 2.24) is 4.90 Å². The second-order valence-corrected chi connectivity index (χ2v) is 5.30. The molecule has 1 fully saturated rings. The summed E-state index contributed by atoms with van der Waals surface area (Å²) in [4.78, 5) is 13.9. The van der Waals surface area contributed by atoms with Crippen LogP contribution in [0.4, 0.5) is 0 Å². The maximum atomic E-state index is 12.1. The summed E-state index contributed by atoms with van der Waals surface area (Å²) in [6.07, 6.45) is 0.473. The molecule has 0 spiro atoms. The van der Waals surface area contributed by atoms with Gasteiger partial charge in [-0.2, -0.15) is 0 Å². The number of likely N-dealkylation sites (tertiary alicyclic amines) is 1. The van der Waals surface area contributed by atoms with Crippen molar-refractivity contribution in [1.29, 1.82) is 0 Å². The summed E-state index contributed by atoms with van der Waals surface area (Å²) in [6, 6.07) is 7.33. The molecule has 0 aliphatic carbocycles. The van der Waals surface area contributed by atoms with Crippen LogP contribution in [-0.4, -0.2) is 48.3 Å². The first-order valence-corrected chi connectivity index (χ1v) is 7.42. The van der Waals surface area contributed by atoms with E-state index in [1.165, 1.54) is 0 Å². The number of carbonyl (C=O) groups excluding carboxylic acids is 1. The maximum Gasteiger partial charge on any atom is 0.260 e. The fraction of sp³-hybridized carbons (Fsp3) is 0.562. The van der Waals surface area contributed by atoms with Gasteiger partial charge in [-0.05, 0) is 32.4 Å². The lowest BCUT2D eigenvalue weighted by Crippen LogP contribution is -2.34. The fourth-order valence-corrected chi connectivity index (χ4v) is 2.48. The van der Waals surface area contributed by atoms with Gasteiger partial charge in [0.05, 0.1) is 12.7 Å². The number of aliphatic hydroxyl groups excluding tert-OH is 1. The minimum absolute atomic E-state index is 0.00336. The molecule has 1 aromatic carbocycles. The lowest BCUT2D eigenvalue weighted by Gasteiger charge is -2.18. The second-order valence-electron chi connectivity index (χ2n) is 5.30. The summed E-state index contributed by atoms with van der Waals surface area (Å²) < 4.78 is 11.0. The van der Waals surface area contributed by atoms with Crippen LogP contribution in [-0.2, 0) is 4.79 Å². The van der Waals surface area contributed by atoms with Gasteiger partial charge >= 0.3 is 0 Å².